The summed E-state index contributed by atoms with van der Waals surface area (Å²) >= 11 is 0. The van der Waals surface area contributed by atoms with Crippen LogP contribution in [0.1, 0.15) is 25.0 Å². The monoisotopic (exact) mass is 289 g/mol. The van der Waals surface area contributed by atoms with E-state index in [2.05, 4.69) is 9.97 Å². The van der Waals surface area contributed by atoms with Crippen LogP contribution in [-0.2, 0) is 11.2 Å². The highest BCUT2D eigenvalue weighted by atomic mass is 19.4. The number of rotatable bonds is 5. The first-order valence-electron chi connectivity index (χ1n) is 6.65. The molecular formula is C13H18F3N3O. The average Bonchev–Trinajstić information content (AvgIpc) is 2.89. The van der Waals surface area contributed by atoms with Gasteiger partial charge in [0.1, 0.15) is 0 Å². The van der Waals surface area contributed by atoms with Crippen LogP contribution >= 0.6 is 0 Å². The molecule has 20 heavy (non-hydrogen) atoms. The van der Waals surface area contributed by atoms with E-state index < -0.39 is 12.6 Å². The molecule has 1 fully saturated rings. The summed E-state index contributed by atoms with van der Waals surface area (Å²) in [6.07, 6.45) is -1.44. The number of aromatic nitrogens is 2. The molecule has 1 aromatic rings. The van der Waals surface area contributed by atoms with Crippen LogP contribution in [0.25, 0.3) is 0 Å². The van der Waals surface area contributed by atoms with E-state index in [1.807, 2.05) is 11.9 Å². The van der Waals surface area contributed by atoms with Gasteiger partial charge in [-0.25, -0.2) is 9.97 Å². The first-order chi connectivity index (χ1) is 9.44. The molecule has 0 aromatic carbocycles. The van der Waals surface area contributed by atoms with Crippen LogP contribution in [0.4, 0.5) is 19.1 Å². The Morgan fingerprint density at radius 1 is 1.45 bits per heavy atom. The normalized spacial score (nSPS) is 19.3. The van der Waals surface area contributed by atoms with Gasteiger partial charge in [-0.3, -0.25) is 0 Å². The standard InChI is InChI=1S/C13H18F3N3O/c1-19(9-11-3-2-8-20-11)12-17-7-5-10(18-12)4-6-13(14,15)16/h5,7,11H,2-4,6,8-9H2,1H3/t11-/m0/s1. The van der Waals surface area contributed by atoms with E-state index in [0.717, 1.165) is 19.4 Å². The maximum absolute atomic E-state index is 12.2. The molecule has 1 aliphatic heterocycles. The SMILES string of the molecule is CN(C[C@@H]1CCCO1)c1nccc(CCC(F)(F)F)n1. The molecule has 1 saturated heterocycles. The highest BCUT2D eigenvalue weighted by molar-refractivity contribution is 5.29. The van der Waals surface area contributed by atoms with Gasteiger partial charge in [-0.2, -0.15) is 13.2 Å². The predicted octanol–water partition coefficient (Wildman–Crippen LogP) is 2.59. The van der Waals surface area contributed by atoms with Gasteiger partial charge in [0.2, 0.25) is 5.95 Å². The minimum Gasteiger partial charge on any atom is -0.376 e. The van der Waals surface area contributed by atoms with Crippen molar-refractivity contribution >= 4 is 5.95 Å². The van der Waals surface area contributed by atoms with Crippen LogP contribution < -0.4 is 4.90 Å². The highest BCUT2D eigenvalue weighted by Crippen LogP contribution is 2.22. The molecule has 0 unspecified atom stereocenters. The zero-order valence-electron chi connectivity index (χ0n) is 11.4. The van der Waals surface area contributed by atoms with Gasteiger partial charge in [-0.1, -0.05) is 0 Å². The molecule has 0 aliphatic carbocycles. The van der Waals surface area contributed by atoms with Crippen molar-refractivity contribution in [3.8, 4) is 0 Å². The van der Waals surface area contributed by atoms with Crippen molar-refractivity contribution < 1.29 is 17.9 Å². The Kier molecular flexibility index (Phi) is 4.80. The zero-order valence-corrected chi connectivity index (χ0v) is 11.4. The number of anilines is 1. The van der Waals surface area contributed by atoms with Gasteiger partial charge in [0.25, 0.3) is 0 Å². The zero-order chi connectivity index (χ0) is 14.6. The molecule has 112 valence electrons. The van der Waals surface area contributed by atoms with Crippen molar-refractivity contribution in [2.45, 2.75) is 38.0 Å². The van der Waals surface area contributed by atoms with Crippen LogP contribution in [0.3, 0.4) is 0 Å². The maximum atomic E-state index is 12.2. The predicted molar refractivity (Wildman–Crippen MR) is 68.7 cm³/mol. The minimum absolute atomic E-state index is 0.118. The molecule has 0 spiro atoms. The van der Waals surface area contributed by atoms with E-state index in [0.29, 0.717) is 18.2 Å². The molecule has 4 nitrogen and oxygen atoms in total. The first kappa shape index (κ1) is 15.0. The van der Waals surface area contributed by atoms with E-state index in [1.54, 1.807) is 0 Å². The summed E-state index contributed by atoms with van der Waals surface area (Å²) in [7, 11) is 1.82. The summed E-state index contributed by atoms with van der Waals surface area (Å²) in [6.45, 7) is 1.42. The fraction of sp³-hybridized carbons (Fsp3) is 0.692. The van der Waals surface area contributed by atoms with Crippen LogP contribution in [0.5, 0.6) is 0 Å². The summed E-state index contributed by atoms with van der Waals surface area (Å²) < 4.78 is 42.1. The number of hydrogen-bond acceptors (Lipinski definition) is 4. The topological polar surface area (TPSA) is 38.2 Å². The molecule has 2 heterocycles. The lowest BCUT2D eigenvalue weighted by molar-refractivity contribution is -0.134. The van der Waals surface area contributed by atoms with Gasteiger partial charge in [-0.15, -0.1) is 0 Å². The fourth-order valence-electron chi connectivity index (χ4n) is 2.15. The number of nitrogens with zero attached hydrogens (tertiary/aromatic N) is 3. The number of ether oxygens (including phenoxy) is 1. The van der Waals surface area contributed by atoms with Crippen molar-refractivity contribution in [3.63, 3.8) is 0 Å². The van der Waals surface area contributed by atoms with Crippen LogP contribution in [0, 0.1) is 0 Å². The molecule has 1 aliphatic rings. The van der Waals surface area contributed by atoms with Gasteiger partial charge in [-0.05, 0) is 25.3 Å². The summed E-state index contributed by atoms with van der Waals surface area (Å²) in [6, 6.07) is 1.52. The number of halogens is 3. The number of likely N-dealkylation sites (N-methyl/N-ethyl adjacent to an activating group) is 1. The molecule has 0 bridgehead atoms. The second kappa shape index (κ2) is 6.39. The number of aryl methyl sites for hydroxylation is 1. The van der Waals surface area contributed by atoms with Crippen molar-refractivity contribution in [2.75, 3.05) is 25.1 Å². The third-order valence-corrected chi connectivity index (χ3v) is 3.21. The van der Waals surface area contributed by atoms with Crippen LogP contribution in [0.2, 0.25) is 0 Å². The lowest BCUT2D eigenvalue weighted by Crippen LogP contribution is -2.30. The van der Waals surface area contributed by atoms with E-state index in [1.165, 1.54) is 12.3 Å². The van der Waals surface area contributed by atoms with Gasteiger partial charge in [0.05, 0.1) is 6.10 Å². The van der Waals surface area contributed by atoms with Gasteiger partial charge < -0.3 is 9.64 Å². The molecule has 0 N–H and O–H groups in total. The Bertz CT molecular complexity index is 433. The van der Waals surface area contributed by atoms with E-state index in [9.17, 15) is 13.2 Å². The van der Waals surface area contributed by atoms with E-state index in [4.69, 9.17) is 4.74 Å². The molecule has 1 atom stereocenters. The smallest absolute Gasteiger partial charge is 0.376 e. The first-order valence-corrected chi connectivity index (χ1v) is 6.65. The molecule has 0 amide bonds. The van der Waals surface area contributed by atoms with Crippen LogP contribution in [-0.4, -0.2) is 42.4 Å². The minimum atomic E-state index is -4.16. The lowest BCUT2D eigenvalue weighted by atomic mass is 10.2. The Labute approximate surface area is 116 Å². The van der Waals surface area contributed by atoms with Gasteiger partial charge in [0, 0.05) is 38.5 Å². The Morgan fingerprint density at radius 2 is 2.25 bits per heavy atom. The highest BCUT2D eigenvalue weighted by Gasteiger charge is 2.27. The molecular weight excluding hydrogens is 271 g/mol. The van der Waals surface area contributed by atoms with Crippen molar-refractivity contribution in [3.05, 3.63) is 18.0 Å². The molecule has 0 saturated carbocycles. The fourth-order valence-corrected chi connectivity index (χ4v) is 2.15. The van der Waals surface area contributed by atoms with Crippen LogP contribution in [0.15, 0.2) is 12.3 Å². The molecule has 0 radical (unpaired) electrons. The average molecular weight is 289 g/mol. The second-order valence-corrected chi connectivity index (χ2v) is 4.98. The Hall–Kier alpha value is -1.37. The Morgan fingerprint density at radius 3 is 2.90 bits per heavy atom. The Balaban J connectivity index is 1.93. The van der Waals surface area contributed by atoms with Crippen molar-refractivity contribution in [1.29, 1.82) is 0 Å². The summed E-state index contributed by atoms with van der Waals surface area (Å²) in [4.78, 5) is 10.1. The summed E-state index contributed by atoms with van der Waals surface area (Å²) in [5.41, 5.74) is 0.409. The van der Waals surface area contributed by atoms with E-state index in [-0.39, 0.29) is 12.5 Å². The largest absolute Gasteiger partial charge is 0.389 e. The summed E-state index contributed by atoms with van der Waals surface area (Å²) in [5.74, 6) is 0.445. The lowest BCUT2D eigenvalue weighted by Gasteiger charge is -2.21. The number of hydrogen-bond donors (Lipinski definition) is 0. The second-order valence-electron chi connectivity index (χ2n) is 4.98. The van der Waals surface area contributed by atoms with Gasteiger partial charge in [0.15, 0.2) is 0 Å². The third kappa shape index (κ3) is 4.63. The van der Waals surface area contributed by atoms with Gasteiger partial charge >= 0.3 is 6.18 Å². The van der Waals surface area contributed by atoms with Crippen molar-refractivity contribution in [2.24, 2.45) is 0 Å². The maximum Gasteiger partial charge on any atom is 0.389 e. The van der Waals surface area contributed by atoms with Crippen molar-refractivity contribution in [1.82, 2.24) is 9.97 Å². The quantitative estimate of drug-likeness (QED) is 0.835. The summed E-state index contributed by atoms with van der Waals surface area (Å²) in [5, 5.41) is 0. The molecule has 2 rings (SSSR count). The molecule has 7 heteroatoms. The third-order valence-electron chi connectivity index (χ3n) is 3.21. The number of alkyl halides is 3. The molecule has 1 aromatic heterocycles. The van der Waals surface area contributed by atoms with E-state index >= 15 is 0 Å².